The van der Waals surface area contributed by atoms with E-state index in [2.05, 4.69) is 59.4 Å². The van der Waals surface area contributed by atoms with Gasteiger partial charge in [0.25, 0.3) is 0 Å². The molecular weight excluding hydrogens is 396 g/mol. The first-order chi connectivity index (χ1) is 14.4. The molecule has 2 aromatic heterocycles. The Hall–Kier alpha value is -2.22. The number of benzene rings is 1. The summed E-state index contributed by atoms with van der Waals surface area (Å²) in [5.41, 5.74) is 5.87. The van der Waals surface area contributed by atoms with Gasteiger partial charge >= 0.3 is 0 Å². The lowest BCUT2D eigenvalue weighted by atomic mass is 9.89. The predicted molar refractivity (Wildman–Crippen MR) is 122 cm³/mol. The molecule has 0 radical (unpaired) electrons. The van der Waals surface area contributed by atoms with E-state index in [9.17, 15) is 8.42 Å². The molecule has 0 atom stereocenters. The second-order valence-corrected chi connectivity index (χ2v) is 10.7. The van der Waals surface area contributed by atoms with Gasteiger partial charge in [0.2, 0.25) is 10.0 Å². The number of nitrogens with one attached hydrogen (secondary N) is 1. The fourth-order valence-corrected chi connectivity index (χ4v) is 5.52. The number of rotatable bonds is 6. The van der Waals surface area contributed by atoms with Crippen molar-refractivity contribution in [2.45, 2.75) is 32.2 Å². The Bertz CT molecular complexity index is 1130. The fourth-order valence-electron chi connectivity index (χ4n) is 4.38. The van der Waals surface area contributed by atoms with Gasteiger partial charge in [0.1, 0.15) is 0 Å². The van der Waals surface area contributed by atoms with Gasteiger partial charge in [-0.25, -0.2) is 12.7 Å². The summed E-state index contributed by atoms with van der Waals surface area (Å²) in [4.78, 5) is 9.97. The van der Waals surface area contributed by atoms with Crippen molar-refractivity contribution in [1.29, 1.82) is 0 Å². The van der Waals surface area contributed by atoms with Gasteiger partial charge in [0.15, 0.2) is 0 Å². The maximum atomic E-state index is 12.2. The maximum absolute atomic E-state index is 12.2. The van der Waals surface area contributed by atoms with Crippen LogP contribution in [0.3, 0.4) is 0 Å². The molecular formula is C23H30N4O2S. The standard InChI is InChI=1S/C23H30N4O2S/c1-4-30(28,29)27-9-7-18(8-10-27)22-15-25-23-6-5-19(12-21(22)23)20-11-17(13-24-14-20)16-26(2)3/h5-6,11-15,18,25H,4,7-10,16H2,1-3H3. The highest BCUT2D eigenvalue weighted by Gasteiger charge is 2.28. The summed E-state index contributed by atoms with van der Waals surface area (Å²) in [5.74, 6) is 0.546. The van der Waals surface area contributed by atoms with Gasteiger partial charge in [-0.1, -0.05) is 6.07 Å². The Balaban J connectivity index is 1.60. The molecule has 1 aromatic carbocycles. The van der Waals surface area contributed by atoms with E-state index in [0.29, 0.717) is 19.0 Å². The van der Waals surface area contributed by atoms with Gasteiger partial charge in [0.05, 0.1) is 5.75 Å². The van der Waals surface area contributed by atoms with E-state index in [1.165, 1.54) is 16.5 Å². The second-order valence-electron chi connectivity index (χ2n) is 8.40. The Morgan fingerprint density at radius 2 is 1.90 bits per heavy atom. The first kappa shape index (κ1) is 21.0. The minimum absolute atomic E-state index is 0.176. The maximum Gasteiger partial charge on any atom is 0.213 e. The summed E-state index contributed by atoms with van der Waals surface area (Å²) >= 11 is 0. The highest BCUT2D eigenvalue weighted by molar-refractivity contribution is 7.89. The third-order valence-electron chi connectivity index (χ3n) is 5.99. The number of aromatic amines is 1. The molecule has 0 saturated carbocycles. The zero-order valence-electron chi connectivity index (χ0n) is 17.9. The summed E-state index contributed by atoms with van der Waals surface area (Å²) in [6.07, 6.45) is 7.65. The van der Waals surface area contributed by atoms with Crippen molar-refractivity contribution in [3.63, 3.8) is 0 Å². The summed E-state index contributed by atoms with van der Waals surface area (Å²) in [6.45, 7) is 3.77. The molecule has 0 unspecified atom stereocenters. The molecule has 1 aliphatic heterocycles. The monoisotopic (exact) mass is 426 g/mol. The first-order valence-corrected chi connectivity index (χ1v) is 12.2. The van der Waals surface area contributed by atoms with Crippen LogP contribution in [0.2, 0.25) is 0 Å². The molecule has 6 nitrogen and oxygen atoms in total. The molecule has 7 heteroatoms. The van der Waals surface area contributed by atoms with Gasteiger partial charge in [0, 0.05) is 54.7 Å². The van der Waals surface area contributed by atoms with Crippen LogP contribution in [0.4, 0.5) is 0 Å². The molecule has 1 saturated heterocycles. The van der Waals surface area contributed by atoms with Crippen molar-refractivity contribution >= 4 is 20.9 Å². The zero-order valence-corrected chi connectivity index (χ0v) is 18.7. The third kappa shape index (κ3) is 4.29. The number of pyridine rings is 1. The second kappa shape index (κ2) is 8.49. The van der Waals surface area contributed by atoms with Crippen molar-refractivity contribution in [2.75, 3.05) is 32.9 Å². The molecule has 0 bridgehead atoms. The number of piperidine rings is 1. The molecule has 0 spiro atoms. The van der Waals surface area contributed by atoms with Crippen LogP contribution in [0.25, 0.3) is 22.0 Å². The molecule has 1 N–H and O–H groups in total. The Kier molecular flexibility index (Phi) is 5.95. The predicted octanol–water partition coefficient (Wildman–Crippen LogP) is 3.82. The SMILES string of the molecule is CCS(=O)(=O)N1CCC(c2c[nH]c3ccc(-c4cncc(CN(C)C)c4)cc23)CC1. The molecule has 4 rings (SSSR count). The number of nitrogens with zero attached hydrogens (tertiary/aromatic N) is 3. The van der Waals surface area contributed by atoms with Crippen molar-refractivity contribution < 1.29 is 8.42 Å². The van der Waals surface area contributed by atoms with Gasteiger partial charge in [-0.05, 0) is 74.7 Å². The number of aromatic nitrogens is 2. The largest absolute Gasteiger partial charge is 0.361 e. The molecule has 3 aromatic rings. The van der Waals surface area contributed by atoms with Crippen LogP contribution >= 0.6 is 0 Å². The molecule has 160 valence electrons. The zero-order chi connectivity index (χ0) is 21.3. The van der Waals surface area contributed by atoms with Gasteiger partial charge in [-0.3, -0.25) is 4.98 Å². The topological polar surface area (TPSA) is 69.3 Å². The lowest BCUT2D eigenvalue weighted by Crippen LogP contribution is -2.38. The summed E-state index contributed by atoms with van der Waals surface area (Å²) in [5, 5.41) is 1.22. The smallest absolute Gasteiger partial charge is 0.213 e. The van der Waals surface area contributed by atoms with Gasteiger partial charge in [-0.2, -0.15) is 0 Å². The minimum Gasteiger partial charge on any atom is -0.361 e. The van der Waals surface area contributed by atoms with E-state index in [-0.39, 0.29) is 5.75 Å². The Labute approximate surface area is 179 Å². The van der Waals surface area contributed by atoms with Gasteiger partial charge < -0.3 is 9.88 Å². The molecule has 30 heavy (non-hydrogen) atoms. The van der Waals surface area contributed by atoms with Crippen molar-refractivity contribution in [1.82, 2.24) is 19.2 Å². The average Bonchev–Trinajstić information content (AvgIpc) is 3.17. The molecule has 0 amide bonds. The van der Waals surface area contributed by atoms with Crippen LogP contribution < -0.4 is 0 Å². The van der Waals surface area contributed by atoms with Crippen molar-refractivity contribution in [3.8, 4) is 11.1 Å². The van der Waals surface area contributed by atoms with Crippen molar-refractivity contribution in [3.05, 3.63) is 54.0 Å². The highest BCUT2D eigenvalue weighted by Crippen LogP contribution is 2.35. The van der Waals surface area contributed by atoms with Crippen LogP contribution in [-0.2, 0) is 16.6 Å². The summed E-state index contributed by atoms with van der Waals surface area (Å²) in [6, 6.07) is 8.71. The molecule has 1 fully saturated rings. The van der Waals surface area contributed by atoms with E-state index in [4.69, 9.17) is 0 Å². The summed E-state index contributed by atoms with van der Waals surface area (Å²) in [7, 11) is 1.02. The van der Waals surface area contributed by atoms with E-state index in [1.807, 2.05) is 12.4 Å². The molecule has 1 aliphatic rings. The van der Waals surface area contributed by atoms with Crippen LogP contribution in [0.1, 0.15) is 36.8 Å². The normalized spacial score (nSPS) is 16.5. The van der Waals surface area contributed by atoms with E-state index in [1.54, 1.807) is 11.2 Å². The fraction of sp³-hybridized carbons (Fsp3) is 0.435. The highest BCUT2D eigenvalue weighted by atomic mass is 32.2. The molecule has 3 heterocycles. The van der Waals surface area contributed by atoms with Crippen LogP contribution in [-0.4, -0.2) is 60.5 Å². The lowest BCUT2D eigenvalue weighted by Gasteiger charge is -2.30. The lowest BCUT2D eigenvalue weighted by molar-refractivity contribution is 0.321. The first-order valence-electron chi connectivity index (χ1n) is 10.6. The molecule has 0 aliphatic carbocycles. The number of hydrogen-bond acceptors (Lipinski definition) is 4. The third-order valence-corrected chi connectivity index (χ3v) is 7.87. The summed E-state index contributed by atoms with van der Waals surface area (Å²) < 4.78 is 26.0. The van der Waals surface area contributed by atoms with Crippen LogP contribution in [0, 0.1) is 0 Å². The van der Waals surface area contributed by atoms with E-state index >= 15 is 0 Å². The number of hydrogen-bond donors (Lipinski definition) is 1. The number of H-pyrrole nitrogens is 1. The minimum atomic E-state index is -3.10. The van der Waals surface area contributed by atoms with Crippen molar-refractivity contribution in [2.24, 2.45) is 0 Å². The Morgan fingerprint density at radius 1 is 1.13 bits per heavy atom. The Morgan fingerprint density at radius 3 is 2.60 bits per heavy atom. The number of fused-ring (bicyclic) bond motifs is 1. The van der Waals surface area contributed by atoms with Crippen LogP contribution in [0.15, 0.2) is 42.9 Å². The van der Waals surface area contributed by atoms with Gasteiger partial charge in [-0.15, -0.1) is 0 Å². The van der Waals surface area contributed by atoms with Crippen LogP contribution in [0.5, 0.6) is 0 Å². The average molecular weight is 427 g/mol. The van der Waals surface area contributed by atoms with E-state index in [0.717, 1.165) is 36.0 Å². The number of sulfonamides is 1. The quantitative estimate of drug-likeness (QED) is 0.651. The van der Waals surface area contributed by atoms with E-state index < -0.39 is 10.0 Å².